The van der Waals surface area contributed by atoms with Gasteiger partial charge in [-0.1, -0.05) is 17.3 Å². The summed E-state index contributed by atoms with van der Waals surface area (Å²) in [6.07, 6.45) is 4.88. The van der Waals surface area contributed by atoms with Crippen molar-refractivity contribution in [2.24, 2.45) is 0 Å². The van der Waals surface area contributed by atoms with Gasteiger partial charge in [-0.25, -0.2) is 4.68 Å². The fourth-order valence-electron chi connectivity index (χ4n) is 2.82. The fourth-order valence-corrected chi connectivity index (χ4v) is 2.82. The number of aromatic nitrogens is 3. The Balaban J connectivity index is 1.57. The smallest absolute Gasteiger partial charge is 0.254 e. The van der Waals surface area contributed by atoms with Gasteiger partial charge >= 0.3 is 0 Å². The summed E-state index contributed by atoms with van der Waals surface area (Å²) in [6.45, 7) is 4.40. The van der Waals surface area contributed by atoms with Crippen LogP contribution in [0, 0.1) is 13.8 Å². The standard InChI is InChI=1S/C19H22N4O3/c1-13-16(14(2)26-22-13)7-6-10-20-19(24)15-11-21-23(12-15)17-8-4-5-9-18(17)25-3/h4-5,8-9,11-12H,6-7,10H2,1-3H3,(H,20,24). The largest absolute Gasteiger partial charge is 0.494 e. The van der Waals surface area contributed by atoms with Crippen molar-refractivity contribution in [2.75, 3.05) is 13.7 Å². The predicted octanol–water partition coefficient (Wildman–Crippen LogP) is 2.85. The van der Waals surface area contributed by atoms with E-state index in [-0.39, 0.29) is 5.91 Å². The third-order valence-electron chi connectivity index (χ3n) is 4.25. The molecule has 0 radical (unpaired) electrons. The highest BCUT2D eigenvalue weighted by Crippen LogP contribution is 2.21. The van der Waals surface area contributed by atoms with Crippen molar-refractivity contribution in [3.63, 3.8) is 0 Å². The first-order chi connectivity index (χ1) is 12.6. The Morgan fingerprint density at radius 2 is 2.12 bits per heavy atom. The predicted molar refractivity (Wildman–Crippen MR) is 96.7 cm³/mol. The lowest BCUT2D eigenvalue weighted by Crippen LogP contribution is -2.24. The van der Waals surface area contributed by atoms with Crippen molar-refractivity contribution in [3.8, 4) is 11.4 Å². The van der Waals surface area contributed by atoms with Gasteiger partial charge in [-0.15, -0.1) is 0 Å². The molecule has 0 unspecified atom stereocenters. The van der Waals surface area contributed by atoms with Gasteiger partial charge in [-0.3, -0.25) is 4.79 Å². The third-order valence-corrected chi connectivity index (χ3v) is 4.25. The Bertz CT molecular complexity index is 878. The third kappa shape index (κ3) is 3.77. The number of methoxy groups -OCH3 is 1. The van der Waals surface area contributed by atoms with Crippen LogP contribution in [0.4, 0.5) is 0 Å². The zero-order valence-electron chi connectivity index (χ0n) is 15.2. The molecule has 0 fully saturated rings. The lowest BCUT2D eigenvalue weighted by molar-refractivity contribution is 0.0953. The number of aryl methyl sites for hydroxylation is 2. The minimum Gasteiger partial charge on any atom is -0.494 e. The molecule has 0 spiro atoms. The average molecular weight is 354 g/mol. The van der Waals surface area contributed by atoms with E-state index in [4.69, 9.17) is 9.26 Å². The molecule has 136 valence electrons. The molecule has 0 aliphatic carbocycles. The summed E-state index contributed by atoms with van der Waals surface area (Å²) < 4.78 is 12.1. The van der Waals surface area contributed by atoms with E-state index < -0.39 is 0 Å². The second kappa shape index (κ2) is 7.86. The molecular formula is C19H22N4O3. The van der Waals surface area contributed by atoms with Crippen LogP contribution in [0.15, 0.2) is 41.2 Å². The fraction of sp³-hybridized carbons (Fsp3) is 0.316. The van der Waals surface area contributed by atoms with Crippen LogP contribution in [-0.4, -0.2) is 34.5 Å². The van der Waals surface area contributed by atoms with Crippen LogP contribution in [0.3, 0.4) is 0 Å². The molecule has 7 nitrogen and oxygen atoms in total. The van der Waals surface area contributed by atoms with Gasteiger partial charge in [-0.2, -0.15) is 5.10 Å². The summed E-state index contributed by atoms with van der Waals surface area (Å²) in [5.74, 6) is 1.39. The molecule has 0 saturated carbocycles. The van der Waals surface area contributed by atoms with Gasteiger partial charge in [0, 0.05) is 18.3 Å². The van der Waals surface area contributed by atoms with E-state index in [2.05, 4.69) is 15.6 Å². The monoisotopic (exact) mass is 354 g/mol. The molecule has 26 heavy (non-hydrogen) atoms. The summed E-state index contributed by atoms with van der Waals surface area (Å²) in [6, 6.07) is 7.52. The molecule has 2 aromatic heterocycles. The van der Waals surface area contributed by atoms with Crippen LogP contribution in [0.5, 0.6) is 5.75 Å². The van der Waals surface area contributed by atoms with Gasteiger partial charge in [-0.05, 0) is 38.8 Å². The zero-order valence-corrected chi connectivity index (χ0v) is 15.2. The number of rotatable bonds is 7. The van der Waals surface area contributed by atoms with Gasteiger partial charge in [0.05, 0.1) is 24.6 Å². The van der Waals surface area contributed by atoms with Crippen LogP contribution in [0.25, 0.3) is 5.69 Å². The van der Waals surface area contributed by atoms with Gasteiger partial charge in [0.2, 0.25) is 0 Å². The van der Waals surface area contributed by atoms with Crippen LogP contribution >= 0.6 is 0 Å². The highest BCUT2D eigenvalue weighted by molar-refractivity contribution is 5.93. The molecule has 0 aliphatic heterocycles. The van der Waals surface area contributed by atoms with Crippen molar-refractivity contribution >= 4 is 5.91 Å². The molecule has 0 saturated heterocycles. The number of nitrogens with one attached hydrogen (secondary N) is 1. The number of para-hydroxylation sites is 2. The van der Waals surface area contributed by atoms with Gasteiger partial charge in [0.15, 0.2) is 0 Å². The second-order valence-electron chi connectivity index (χ2n) is 6.01. The molecule has 3 rings (SSSR count). The first-order valence-corrected chi connectivity index (χ1v) is 8.48. The van der Waals surface area contributed by atoms with E-state index in [1.165, 1.54) is 0 Å². The van der Waals surface area contributed by atoms with E-state index in [0.29, 0.717) is 17.9 Å². The lowest BCUT2D eigenvalue weighted by atomic mass is 10.1. The van der Waals surface area contributed by atoms with E-state index in [1.54, 1.807) is 24.2 Å². The summed E-state index contributed by atoms with van der Waals surface area (Å²) in [5.41, 5.74) is 3.32. The first-order valence-electron chi connectivity index (χ1n) is 8.48. The summed E-state index contributed by atoms with van der Waals surface area (Å²) in [5, 5.41) is 11.1. The van der Waals surface area contributed by atoms with Crippen LogP contribution in [0.1, 0.15) is 33.8 Å². The average Bonchev–Trinajstić information content (AvgIpc) is 3.26. The Kier molecular flexibility index (Phi) is 5.36. The molecule has 3 aromatic rings. The van der Waals surface area contributed by atoms with Crippen molar-refractivity contribution in [2.45, 2.75) is 26.7 Å². The molecule has 2 heterocycles. The summed E-state index contributed by atoms with van der Waals surface area (Å²) in [7, 11) is 1.61. The number of nitrogens with zero attached hydrogens (tertiary/aromatic N) is 3. The topological polar surface area (TPSA) is 82.2 Å². The van der Waals surface area contributed by atoms with Crippen molar-refractivity contribution in [1.82, 2.24) is 20.3 Å². The normalized spacial score (nSPS) is 10.7. The van der Waals surface area contributed by atoms with E-state index in [9.17, 15) is 4.79 Å². The maximum Gasteiger partial charge on any atom is 0.254 e. The van der Waals surface area contributed by atoms with Gasteiger partial charge < -0.3 is 14.6 Å². The highest BCUT2D eigenvalue weighted by Gasteiger charge is 2.12. The Morgan fingerprint density at radius 1 is 1.31 bits per heavy atom. The Hall–Kier alpha value is -3.09. The maximum atomic E-state index is 12.3. The van der Waals surface area contributed by atoms with E-state index in [0.717, 1.165) is 35.5 Å². The number of benzene rings is 1. The molecule has 0 bridgehead atoms. The van der Waals surface area contributed by atoms with Crippen molar-refractivity contribution in [1.29, 1.82) is 0 Å². The van der Waals surface area contributed by atoms with Crippen LogP contribution in [0.2, 0.25) is 0 Å². The van der Waals surface area contributed by atoms with Crippen molar-refractivity contribution in [3.05, 3.63) is 59.2 Å². The Labute approximate surface area is 151 Å². The SMILES string of the molecule is COc1ccccc1-n1cc(C(=O)NCCCc2c(C)noc2C)cn1. The van der Waals surface area contributed by atoms with E-state index in [1.807, 2.05) is 38.1 Å². The lowest BCUT2D eigenvalue weighted by Gasteiger charge is -2.07. The zero-order chi connectivity index (χ0) is 18.5. The minimum absolute atomic E-state index is 0.148. The molecule has 0 atom stereocenters. The molecule has 7 heteroatoms. The molecular weight excluding hydrogens is 332 g/mol. The Morgan fingerprint density at radius 3 is 2.85 bits per heavy atom. The van der Waals surface area contributed by atoms with Crippen LogP contribution < -0.4 is 10.1 Å². The number of hydrogen-bond donors (Lipinski definition) is 1. The first kappa shape index (κ1) is 17.7. The molecule has 1 amide bonds. The quantitative estimate of drug-likeness (QED) is 0.660. The van der Waals surface area contributed by atoms with Gasteiger partial charge in [0.1, 0.15) is 17.2 Å². The summed E-state index contributed by atoms with van der Waals surface area (Å²) >= 11 is 0. The molecule has 0 aliphatic rings. The molecule has 1 aromatic carbocycles. The minimum atomic E-state index is -0.148. The number of carbonyl (C=O) groups excluding carboxylic acids is 1. The number of ether oxygens (including phenoxy) is 1. The van der Waals surface area contributed by atoms with Crippen molar-refractivity contribution < 1.29 is 14.1 Å². The molecule has 1 N–H and O–H groups in total. The summed E-state index contributed by atoms with van der Waals surface area (Å²) in [4.78, 5) is 12.3. The number of carbonyl (C=O) groups is 1. The van der Waals surface area contributed by atoms with Gasteiger partial charge in [0.25, 0.3) is 5.91 Å². The highest BCUT2D eigenvalue weighted by atomic mass is 16.5. The number of hydrogen-bond acceptors (Lipinski definition) is 5. The van der Waals surface area contributed by atoms with E-state index >= 15 is 0 Å². The maximum absolute atomic E-state index is 12.3. The second-order valence-corrected chi connectivity index (χ2v) is 6.01. The number of amides is 1. The van der Waals surface area contributed by atoms with Crippen LogP contribution in [-0.2, 0) is 6.42 Å².